The zero-order valence-corrected chi connectivity index (χ0v) is 17.8. The molecule has 1 saturated heterocycles. The number of piperazine rings is 1. The molecule has 0 atom stereocenters. The third kappa shape index (κ3) is 3.27. The molecule has 6 rings (SSSR count). The first kappa shape index (κ1) is 18.5. The summed E-state index contributed by atoms with van der Waals surface area (Å²) >= 11 is 0. The summed E-state index contributed by atoms with van der Waals surface area (Å²) < 4.78 is 3.51. The molecule has 1 aliphatic heterocycles. The van der Waals surface area contributed by atoms with E-state index in [0.29, 0.717) is 23.0 Å². The third-order valence-corrected chi connectivity index (χ3v) is 6.34. The molecule has 0 aromatic carbocycles. The Labute approximate surface area is 179 Å². The van der Waals surface area contributed by atoms with E-state index >= 15 is 0 Å². The van der Waals surface area contributed by atoms with Gasteiger partial charge in [-0.05, 0) is 45.0 Å². The maximum Gasteiger partial charge on any atom is 0.258 e. The lowest BCUT2D eigenvalue weighted by Gasteiger charge is -2.34. The van der Waals surface area contributed by atoms with Crippen LogP contribution >= 0.6 is 0 Å². The normalized spacial score (nSPS) is 17.7. The number of fused-ring (bicyclic) bond motifs is 2. The average molecular weight is 416 g/mol. The minimum absolute atomic E-state index is 0.0928. The van der Waals surface area contributed by atoms with Crippen molar-refractivity contribution in [1.82, 2.24) is 28.9 Å². The predicted octanol–water partition coefficient (Wildman–Crippen LogP) is 2.34. The van der Waals surface area contributed by atoms with E-state index in [9.17, 15) is 4.79 Å². The zero-order valence-electron chi connectivity index (χ0n) is 17.8. The first-order valence-corrected chi connectivity index (χ1v) is 10.9. The molecule has 2 fully saturated rings. The first-order valence-electron chi connectivity index (χ1n) is 10.9. The molecule has 0 amide bonds. The molecule has 0 unspecified atom stereocenters. The van der Waals surface area contributed by atoms with Gasteiger partial charge in [0.15, 0.2) is 0 Å². The lowest BCUT2D eigenvalue weighted by Crippen LogP contribution is -2.44. The molecule has 8 nitrogen and oxygen atoms in total. The predicted molar refractivity (Wildman–Crippen MR) is 120 cm³/mol. The van der Waals surface area contributed by atoms with Crippen molar-refractivity contribution in [1.29, 1.82) is 0 Å². The van der Waals surface area contributed by atoms with Crippen LogP contribution in [0.1, 0.15) is 30.1 Å². The smallest absolute Gasteiger partial charge is 0.258 e. The summed E-state index contributed by atoms with van der Waals surface area (Å²) in [6.45, 7) is 5.95. The summed E-state index contributed by atoms with van der Waals surface area (Å²) in [5.74, 6) is 0.523. The number of hydrogen-bond donors (Lipinski definition) is 0. The van der Waals surface area contributed by atoms with Crippen LogP contribution < -0.4 is 10.5 Å². The van der Waals surface area contributed by atoms with Gasteiger partial charge in [0.05, 0.1) is 34.5 Å². The van der Waals surface area contributed by atoms with Crippen LogP contribution in [0.5, 0.6) is 0 Å². The standard InChI is InChI=1S/C23H25N7O/c1-15-13-30-20(23(24-15)16-3-4-16)11-19(26-30)18-12-22(31)29-14-17(5-6-21(29)25-18)28-9-7-27(2)8-10-28/h5-6,11-14,16H,3-4,7-10H2,1-2H3. The Bertz CT molecular complexity index is 1360. The zero-order chi connectivity index (χ0) is 21.1. The van der Waals surface area contributed by atoms with Crippen molar-refractivity contribution >= 4 is 16.9 Å². The summed E-state index contributed by atoms with van der Waals surface area (Å²) in [5, 5.41) is 4.71. The van der Waals surface area contributed by atoms with Crippen molar-refractivity contribution in [2.75, 3.05) is 38.1 Å². The first-order chi connectivity index (χ1) is 15.0. The van der Waals surface area contributed by atoms with Crippen LogP contribution in [0.3, 0.4) is 0 Å². The van der Waals surface area contributed by atoms with Crippen molar-refractivity contribution in [3.05, 3.63) is 58.4 Å². The second-order valence-corrected chi connectivity index (χ2v) is 8.79. The largest absolute Gasteiger partial charge is 0.368 e. The number of rotatable bonds is 3. The molecule has 0 radical (unpaired) electrons. The number of aromatic nitrogens is 5. The SMILES string of the molecule is Cc1cn2nc(-c3cc(=O)n4cc(N5CCN(C)CC5)ccc4n3)cc2c(C2CC2)n1. The maximum atomic E-state index is 13.0. The summed E-state index contributed by atoms with van der Waals surface area (Å²) in [5.41, 5.74) is 5.97. The molecule has 158 valence electrons. The quantitative estimate of drug-likeness (QED) is 0.512. The van der Waals surface area contributed by atoms with E-state index in [2.05, 4.69) is 22.9 Å². The molecule has 1 aliphatic carbocycles. The molecule has 0 bridgehead atoms. The van der Waals surface area contributed by atoms with E-state index in [1.165, 1.54) is 12.8 Å². The van der Waals surface area contributed by atoms with Crippen LogP contribution in [0.25, 0.3) is 22.6 Å². The second-order valence-electron chi connectivity index (χ2n) is 8.79. The molecule has 4 aromatic heterocycles. The minimum atomic E-state index is -0.0928. The Morgan fingerprint density at radius 3 is 2.55 bits per heavy atom. The fourth-order valence-corrected chi connectivity index (χ4v) is 4.39. The highest BCUT2D eigenvalue weighted by Crippen LogP contribution is 2.41. The van der Waals surface area contributed by atoms with Gasteiger partial charge in [-0.15, -0.1) is 0 Å². The van der Waals surface area contributed by atoms with Crippen LogP contribution in [0.15, 0.2) is 41.5 Å². The Morgan fingerprint density at radius 1 is 0.968 bits per heavy atom. The van der Waals surface area contributed by atoms with E-state index in [-0.39, 0.29) is 5.56 Å². The molecule has 0 N–H and O–H groups in total. The molecule has 0 spiro atoms. The molecular weight excluding hydrogens is 390 g/mol. The van der Waals surface area contributed by atoms with Crippen molar-refractivity contribution in [3.8, 4) is 11.4 Å². The van der Waals surface area contributed by atoms with Crippen molar-refractivity contribution in [3.63, 3.8) is 0 Å². The fourth-order valence-electron chi connectivity index (χ4n) is 4.39. The number of likely N-dealkylation sites (N-methyl/N-ethyl adjacent to an activating group) is 1. The molecule has 5 heterocycles. The highest BCUT2D eigenvalue weighted by atomic mass is 16.1. The van der Waals surface area contributed by atoms with Crippen molar-refractivity contribution in [2.45, 2.75) is 25.7 Å². The number of nitrogens with zero attached hydrogens (tertiary/aromatic N) is 7. The second kappa shape index (κ2) is 6.88. The van der Waals surface area contributed by atoms with Gasteiger partial charge in [0.2, 0.25) is 0 Å². The fraction of sp³-hybridized carbons (Fsp3) is 0.391. The monoisotopic (exact) mass is 415 g/mol. The molecule has 31 heavy (non-hydrogen) atoms. The highest BCUT2D eigenvalue weighted by molar-refractivity contribution is 5.67. The van der Waals surface area contributed by atoms with Crippen LogP contribution in [0.4, 0.5) is 5.69 Å². The molecule has 4 aromatic rings. The van der Waals surface area contributed by atoms with Crippen LogP contribution in [0.2, 0.25) is 0 Å². The number of anilines is 1. The van der Waals surface area contributed by atoms with E-state index in [1.807, 2.05) is 36.0 Å². The van der Waals surface area contributed by atoms with Gasteiger partial charge in [0.25, 0.3) is 5.56 Å². The third-order valence-electron chi connectivity index (χ3n) is 6.34. The topological polar surface area (TPSA) is 71.0 Å². The van der Waals surface area contributed by atoms with Crippen LogP contribution in [0, 0.1) is 6.92 Å². The number of aryl methyl sites for hydroxylation is 1. The summed E-state index contributed by atoms with van der Waals surface area (Å²) in [4.78, 5) is 27.1. The maximum absolute atomic E-state index is 13.0. The Hall–Kier alpha value is -3.26. The van der Waals surface area contributed by atoms with Gasteiger partial charge in [-0.2, -0.15) is 5.10 Å². The van der Waals surface area contributed by atoms with Crippen LogP contribution in [-0.4, -0.2) is 62.1 Å². The van der Waals surface area contributed by atoms with Gasteiger partial charge in [-0.1, -0.05) is 0 Å². The van der Waals surface area contributed by atoms with Gasteiger partial charge in [0, 0.05) is 44.4 Å². The lowest BCUT2D eigenvalue weighted by molar-refractivity contribution is 0.313. The van der Waals surface area contributed by atoms with Gasteiger partial charge in [0.1, 0.15) is 11.3 Å². The lowest BCUT2D eigenvalue weighted by atomic mass is 10.2. The minimum Gasteiger partial charge on any atom is -0.368 e. The van der Waals surface area contributed by atoms with Crippen molar-refractivity contribution < 1.29 is 0 Å². The van der Waals surface area contributed by atoms with E-state index in [4.69, 9.17) is 15.1 Å². The van der Waals surface area contributed by atoms with Gasteiger partial charge >= 0.3 is 0 Å². The Kier molecular flexibility index (Phi) is 4.11. The Morgan fingerprint density at radius 2 is 1.77 bits per heavy atom. The summed E-state index contributed by atoms with van der Waals surface area (Å²) in [7, 11) is 2.14. The average Bonchev–Trinajstić information content (AvgIpc) is 3.52. The molecule has 1 saturated carbocycles. The number of hydrogen-bond acceptors (Lipinski definition) is 6. The summed E-state index contributed by atoms with van der Waals surface area (Å²) in [6.07, 6.45) is 6.19. The Balaban J connectivity index is 1.41. The van der Waals surface area contributed by atoms with Crippen molar-refractivity contribution in [2.24, 2.45) is 0 Å². The van der Waals surface area contributed by atoms with E-state index in [1.54, 1.807) is 10.5 Å². The van der Waals surface area contributed by atoms with Crippen LogP contribution in [-0.2, 0) is 0 Å². The summed E-state index contributed by atoms with van der Waals surface area (Å²) in [6, 6.07) is 7.57. The highest BCUT2D eigenvalue weighted by Gasteiger charge is 2.28. The van der Waals surface area contributed by atoms with Gasteiger partial charge < -0.3 is 9.80 Å². The molecular formula is C23H25N7O. The van der Waals surface area contributed by atoms with E-state index in [0.717, 1.165) is 48.8 Å². The molecule has 8 heteroatoms. The number of pyridine rings is 1. The van der Waals surface area contributed by atoms with Gasteiger partial charge in [-0.25, -0.2) is 9.50 Å². The molecule has 2 aliphatic rings. The van der Waals surface area contributed by atoms with Gasteiger partial charge in [-0.3, -0.25) is 14.2 Å². The van der Waals surface area contributed by atoms with E-state index < -0.39 is 0 Å².